The summed E-state index contributed by atoms with van der Waals surface area (Å²) in [5, 5.41) is 10.9. The van der Waals surface area contributed by atoms with Gasteiger partial charge in [-0.25, -0.2) is 0 Å². The van der Waals surface area contributed by atoms with Gasteiger partial charge >= 0.3 is 0 Å². The van der Waals surface area contributed by atoms with Crippen LogP contribution in [-0.2, 0) is 6.61 Å². The van der Waals surface area contributed by atoms with Crippen molar-refractivity contribution in [3.05, 3.63) is 63.7 Å². The third-order valence-electron chi connectivity index (χ3n) is 3.22. The quantitative estimate of drug-likeness (QED) is 0.514. The van der Waals surface area contributed by atoms with E-state index in [1.54, 1.807) is 6.07 Å². The first kappa shape index (κ1) is 14.8. The van der Waals surface area contributed by atoms with Gasteiger partial charge < -0.3 is 10.5 Å². The highest BCUT2D eigenvalue weighted by Gasteiger charge is 2.12. The molecule has 2 aromatic carbocycles. The molecule has 0 aliphatic rings. The standard InChI is InChI=1S/C16H18N2O3/c1-11(2)13-4-3-5-14(9-13)21-10-12-6-7-15(17)16(8-12)18(19)20/h3-9,11H,10,17H2,1-2H3. The number of nitrogens with zero attached hydrogens (tertiary/aromatic N) is 1. The Hall–Kier alpha value is -2.56. The summed E-state index contributed by atoms with van der Waals surface area (Å²) in [4.78, 5) is 10.4. The lowest BCUT2D eigenvalue weighted by atomic mass is 10.0. The molecule has 110 valence electrons. The van der Waals surface area contributed by atoms with Crippen LogP contribution in [0.25, 0.3) is 0 Å². The number of nitro benzene ring substituents is 1. The van der Waals surface area contributed by atoms with E-state index in [1.165, 1.54) is 17.7 Å². The van der Waals surface area contributed by atoms with Crippen molar-refractivity contribution in [2.75, 3.05) is 5.73 Å². The van der Waals surface area contributed by atoms with E-state index in [1.807, 2.05) is 24.3 Å². The lowest BCUT2D eigenvalue weighted by molar-refractivity contribution is -0.384. The van der Waals surface area contributed by atoms with Crippen molar-refractivity contribution in [3.8, 4) is 5.75 Å². The molecule has 0 radical (unpaired) electrons. The average Bonchev–Trinajstić information content (AvgIpc) is 2.46. The number of benzene rings is 2. The number of nitro groups is 1. The zero-order valence-corrected chi connectivity index (χ0v) is 12.1. The topological polar surface area (TPSA) is 78.4 Å². The second kappa shape index (κ2) is 6.26. The molecule has 0 aliphatic carbocycles. The minimum atomic E-state index is -0.488. The predicted octanol–water partition coefficient (Wildman–Crippen LogP) is 3.88. The zero-order chi connectivity index (χ0) is 15.4. The van der Waals surface area contributed by atoms with Crippen molar-refractivity contribution in [2.24, 2.45) is 0 Å². The highest BCUT2D eigenvalue weighted by Crippen LogP contribution is 2.24. The van der Waals surface area contributed by atoms with Gasteiger partial charge in [0.1, 0.15) is 18.0 Å². The third-order valence-corrected chi connectivity index (χ3v) is 3.22. The van der Waals surface area contributed by atoms with Gasteiger partial charge in [0.25, 0.3) is 5.69 Å². The molecule has 0 saturated carbocycles. The summed E-state index contributed by atoms with van der Waals surface area (Å²) < 4.78 is 5.69. The van der Waals surface area contributed by atoms with Gasteiger partial charge in [-0.2, -0.15) is 0 Å². The molecule has 5 nitrogen and oxygen atoms in total. The molecule has 21 heavy (non-hydrogen) atoms. The molecule has 5 heteroatoms. The summed E-state index contributed by atoms with van der Waals surface area (Å²) >= 11 is 0. The fourth-order valence-corrected chi connectivity index (χ4v) is 1.97. The van der Waals surface area contributed by atoms with Crippen LogP contribution in [0.2, 0.25) is 0 Å². The molecular formula is C16H18N2O3. The summed E-state index contributed by atoms with van der Waals surface area (Å²) in [7, 11) is 0. The number of nitrogens with two attached hydrogens (primary N) is 1. The van der Waals surface area contributed by atoms with Gasteiger partial charge in [0, 0.05) is 6.07 Å². The molecule has 2 aromatic rings. The van der Waals surface area contributed by atoms with Crippen LogP contribution in [0.1, 0.15) is 30.9 Å². The van der Waals surface area contributed by atoms with E-state index >= 15 is 0 Å². The Morgan fingerprint density at radius 3 is 2.67 bits per heavy atom. The minimum absolute atomic E-state index is 0.0907. The molecule has 0 atom stereocenters. The van der Waals surface area contributed by atoms with E-state index in [2.05, 4.69) is 13.8 Å². The van der Waals surface area contributed by atoms with E-state index in [4.69, 9.17) is 10.5 Å². The van der Waals surface area contributed by atoms with Gasteiger partial charge in [0.2, 0.25) is 0 Å². The van der Waals surface area contributed by atoms with Crippen molar-refractivity contribution in [1.29, 1.82) is 0 Å². The van der Waals surface area contributed by atoms with Crippen LogP contribution in [0, 0.1) is 10.1 Å². The van der Waals surface area contributed by atoms with Crippen molar-refractivity contribution in [2.45, 2.75) is 26.4 Å². The van der Waals surface area contributed by atoms with Crippen LogP contribution in [0.5, 0.6) is 5.75 Å². The normalized spacial score (nSPS) is 10.6. The first-order chi connectivity index (χ1) is 9.97. The monoisotopic (exact) mass is 286 g/mol. The van der Waals surface area contributed by atoms with Crippen LogP contribution in [0.3, 0.4) is 0 Å². The molecule has 0 saturated heterocycles. The number of nitrogen functional groups attached to an aromatic ring is 1. The molecule has 0 fully saturated rings. The second-order valence-electron chi connectivity index (χ2n) is 5.17. The number of ether oxygens (including phenoxy) is 1. The molecule has 0 unspecified atom stereocenters. The largest absolute Gasteiger partial charge is 0.489 e. The van der Waals surface area contributed by atoms with Crippen molar-refractivity contribution in [3.63, 3.8) is 0 Å². The van der Waals surface area contributed by atoms with E-state index in [0.29, 0.717) is 11.5 Å². The maximum Gasteiger partial charge on any atom is 0.292 e. The summed E-state index contributed by atoms with van der Waals surface area (Å²) in [6.07, 6.45) is 0. The van der Waals surface area contributed by atoms with Gasteiger partial charge in [-0.1, -0.05) is 32.0 Å². The van der Waals surface area contributed by atoms with Gasteiger partial charge in [-0.15, -0.1) is 0 Å². The Morgan fingerprint density at radius 1 is 1.24 bits per heavy atom. The smallest absolute Gasteiger partial charge is 0.292 e. The highest BCUT2D eigenvalue weighted by atomic mass is 16.6. The third kappa shape index (κ3) is 3.72. The van der Waals surface area contributed by atoms with Crippen LogP contribution < -0.4 is 10.5 Å². The fourth-order valence-electron chi connectivity index (χ4n) is 1.97. The lowest BCUT2D eigenvalue weighted by Crippen LogP contribution is -2.00. The van der Waals surface area contributed by atoms with Crippen LogP contribution in [0.15, 0.2) is 42.5 Å². The Balaban J connectivity index is 2.11. The summed E-state index contributed by atoms with van der Waals surface area (Å²) in [6.45, 7) is 4.49. The van der Waals surface area contributed by atoms with Crippen LogP contribution in [-0.4, -0.2) is 4.92 Å². The number of hydrogen-bond donors (Lipinski definition) is 1. The Bertz CT molecular complexity index is 654. The number of anilines is 1. The summed E-state index contributed by atoms with van der Waals surface area (Å²) in [6, 6.07) is 12.5. The molecule has 0 amide bonds. The molecule has 0 spiro atoms. The van der Waals surface area contributed by atoms with E-state index in [0.717, 1.165) is 5.75 Å². The van der Waals surface area contributed by atoms with Crippen LogP contribution >= 0.6 is 0 Å². The molecule has 2 rings (SSSR count). The summed E-state index contributed by atoms with van der Waals surface area (Å²) in [5.41, 5.74) is 7.54. The lowest BCUT2D eigenvalue weighted by Gasteiger charge is -2.10. The SMILES string of the molecule is CC(C)c1cccc(OCc2ccc(N)c([N+](=O)[O-])c2)c1. The van der Waals surface area contributed by atoms with Gasteiger partial charge in [-0.05, 0) is 35.2 Å². The maximum atomic E-state index is 10.9. The fraction of sp³-hybridized carbons (Fsp3) is 0.250. The molecule has 2 N–H and O–H groups in total. The Labute approximate surface area is 123 Å². The maximum absolute atomic E-state index is 10.9. The minimum Gasteiger partial charge on any atom is -0.489 e. The summed E-state index contributed by atoms with van der Waals surface area (Å²) in [5.74, 6) is 1.17. The van der Waals surface area contributed by atoms with Gasteiger partial charge in [0.15, 0.2) is 0 Å². The first-order valence-corrected chi connectivity index (χ1v) is 6.73. The first-order valence-electron chi connectivity index (χ1n) is 6.73. The average molecular weight is 286 g/mol. The number of rotatable bonds is 5. The number of hydrogen-bond acceptors (Lipinski definition) is 4. The predicted molar refractivity (Wildman–Crippen MR) is 82.4 cm³/mol. The highest BCUT2D eigenvalue weighted by molar-refractivity contribution is 5.59. The van der Waals surface area contributed by atoms with E-state index in [9.17, 15) is 10.1 Å². The van der Waals surface area contributed by atoms with Gasteiger partial charge in [-0.3, -0.25) is 10.1 Å². The van der Waals surface area contributed by atoms with Crippen molar-refractivity contribution < 1.29 is 9.66 Å². The molecular weight excluding hydrogens is 268 g/mol. The molecule has 0 bridgehead atoms. The van der Waals surface area contributed by atoms with E-state index in [-0.39, 0.29) is 18.0 Å². The molecule has 0 heterocycles. The second-order valence-corrected chi connectivity index (χ2v) is 5.17. The van der Waals surface area contributed by atoms with Crippen LogP contribution in [0.4, 0.5) is 11.4 Å². The van der Waals surface area contributed by atoms with Crippen molar-refractivity contribution in [1.82, 2.24) is 0 Å². The Kier molecular flexibility index (Phi) is 4.42. The van der Waals surface area contributed by atoms with Crippen molar-refractivity contribution >= 4 is 11.4 Å². The zero-order valence-electron chi connectivity index (χ0n) is 12.1. The van der Waals surface area contributed by atoms with E-state index < -0.39 is 4.92 Å². The van der Waals surface area contributed by atoms with Gasteiger partial charge in [0.05, 0.1) is 4.92 Å². The molecule has 0 aliphatic heterocycles. The molecule has 0 aromatic heterocycles. The Morgan fingerprint density at radius 2 is 2.00 bits per heavy atom.